The van der Waals surface area contributed by atoms with E-state index in [1.165, 1.54) is 21.3 Å². The molecule has 0 fully saturated rings. The minimum absolute atomic E-state index is 0.307. The first-order chi connectivity index (χ1) is 8.54. The Morgan fingerprint density at radius 3 is 2.67 bits per heavy atom. The third-order valence-electron chi connectivity index (χ3n) is 2.59. The molecule has 0 spiro atoms. The van der Waals surface area contributed by atoms with Crippen molar-refractivity contribution in [2.75, 3.05) is 5.32 Å². The fraction of sp³-hybridized carbons (Fsp3) is 0.143. The monoisotopic (exact) mass is 375 g/mol. The van der Waals surface area contributed by atoms with E-state index in [0.29, 0.717) is 11.6 Å². The lowest BCUT2D eigenvalue weighted by Gasteiger charge is -2.10. The Labute approximate surface area is 124 Å². The molecule has 94 valence electrons. The molecule has 0 aliphatic carbocycles. The van der Waals surface area contributed by atoms with Gasteiger partial charge in [-0.15, -0.1) is 0 Å². The van der Waals surface area contributed by atoms with Gasteiger partial charge >= 0.3 is 0 Å². The molecule has 0 saturated heterocycles. The van der Waals surface area contributed by atoms with Gasteiger partial charge in [-0.1, -0.05) is 11.6 Å². The van der Waals surface area contributed by atoms with Crippen LogP contribution in [-0.2, 0) is 6.54 Å². The molecule has 0 atom stereocenters. The van der Waals surface area contributed by atoms with E-state index >= 15 is 0 Å². The van der Waals surface area contributed by atoms with E-state index in [9.17, 15) is 4.39 Å². The first-order valence-corrected chi connectivity index (χ1v) is 6.95. The second-order valence-corrected chi connectivity index (χ2v) is 5.77. The van der Waals surface area contributed by atoms with Crippen LogP contribution < -0.4 is 5.32 Å². The summed E-state index contributed by atoms with van der Waals surface area (Å²) in [5, 5.41) is 3.70. The van der Waals surface area contributed by atoms with E-state index in [0.717, 1.165) is 11.3 Å². The smallest absolute Gasteiger partial charge is 0.125 e. The quantitative estimate of drug-likeness (QED) is 0.744. The lowest BCUT2D eigenvalue weighted by Crippen LogP contribution is -2.01. The van der Waals surface area contributed by atoms with Gasteiger partial charge in [-0.05, 0) is 77.0 Å². The van der Waals surface area contributed by atoms with E-state index in [1.807, 2.05) is 19.1 Å². The predicted molar refractivity (Wildman–Crippen MR) is 82.6 cm³/mol. The lowest BCUT2D eigenvalue weighted by molar-refractivity contribution is 0.626. The Morgan fingerprint density at radius 1 is 1.22 bits per heavy atom. The molecular formula is C14H12ClFIN. The summed E-state index contributed by atoms with van der Waals surface area (Å²) in [7, 11) is 0. The summed E-state index contributed by atoms with van der Waals surface area (Å²) in [6, 6.07) is 10.7. The molecule has 0 unspecified atom stereocenters. The van der Waals surface area contributed by atoms with Crippen LogP contribution in [0.1, 0.15) is 11.1 Å². The zero-order chi connectivity index (χ0) is 13.1. The first kappa shape index (κ1) is 13.6. The highest BCUT2D eigenvalue weighted by Gasteiger charge is 2.01. The second-order valence-electron chi connectivity index (χ2n) is 4.09. The van der Waals surface area contributed by atoms with Crippen molar-refractivity contribution in [2.24, 2.45) is 0 Å². The molecule has 2 rings (SSSR count). The lowest BCUT2D eigenvalue weighted by atomic mass is 10.1. The SMILES string of the molecule is Cc1cc(I)ccc1NCc1cc(F)cc(Cl)c1. The maximum absolute atomic E-state index is 13.2. The van der Waals surface area contributed by atoms with Gasteiger partial charge in [0.2, 0.25) is 0 Å². The maximum atomic E-state index is 13.2. The Bertz CT molecular complexity index is 551. The molecule has 0 bridgehead atoms. The van der Waals surface area contributed by atoms with E-state index in [2.05, 4.69) is 34.0 Å². The van der Waals surface area contributed by atoms with Crippen LogP contribution in [0, 0.1) is 16.3 Å². The molecule has 2 aromatic rings. The molecule has 1 nitrogen and oxygen atoms in total. The normalized spacial score (nSPS) is 10.4. The van der Waals surface area contributed by atoms with Gasteiger partial charge in [0.05, 0.1) is 0 Å². The summed E-state index contributed by atoms with van der Waals surface area (Å²) in [5.41, 5.74) is 3.05. The Balaban J connectivity index is 2.11. The molecule has 0 aliphatic rings. The zero-order valence-corrected chi connectivity index (χ0v) is 12.7. The van der Waals surface area contributed by atoms with Crippen molar-refractivity contribution in [1.82, 2.24) is 0 Å². The third kappa shape index (κ3) is 3.59. The molecule has 18 heavy (non-hydrogen) atoms. The summed E-state index contributed by atoms with van der Waals surface area (Å²) in [6.45, 7) is 2.60. The highest BCUT2D eigenvalue weighted by atomic mass is 127. The van der Waals surface area contributed by atoms with Crippen LogP contribution in [-0.4, -0.2) is 0 Å². The van der Waals surface area contributed by atoms with Gasteiger partial charge in [-0.3, -0.25) is 0 Å². The Morgan fingerprint density at radius 2 is 2.00 bits per heavy atom. The summed E-state index contributed by atoms with van der Waals surface area (Å²) in [6.07, 6.45) is 0. The molecule has 0 saturated carbocycles. The van der Waals surface area contributed by atoms with Crippen molar-refractivity contribution < 1.29 is 4.39 Å². The number of anilines is 1. The van der Waals surface area contributed by atoms with Crippen LogP contribution >= 0.6 is 34.2 Å². The third-order valence-corrected chi connectivity index (χ3v) is 3.48. The van der Waals surface area contributed by atoms with Crippen molar-refractivity contribution in [3.8, 4) is 0 Å². The van der Waals surface area contributed by atoms with Crippen LogP contribution in [0.2, 0.25) is 5.02 Å². The summed E-state index contributed by atoms with van der Waals surface area (Å²) in [4.78, 5) is 0. The average molecular weight is 376 g/mol. The van der Waals surface area contributed by atoms with Crippen molar-refractivity contribution in [2.45, 2.75) is 13.5 Å². The van der Waals surface area contributed by atoms with Gasteiger partial charge in [-0.25, -0.2) is 4.39 Å². The van der Waals surface area contributed by atoms with E-state index in [-0.39, 0.29) is 5.82 Å². The molecule has 4 heteroatoms. The van der Waals surface area contributed by atoms with Crippen LogP contribution in [0.15, 0.2) is 36.4 Å². The average Bonchev–Trinajstić information content (AvgIpc) is 2.26. The molecule has 0 amide bonds. The van der Waals surface area contributed by atoms with E-state index < -0.39 is 0 Å². The standard InChI is InChI=1S/C14H12ClFIN/c1-9-4-13(17)2-3-14(9)18-8-10-5-11(15)7-12(16)6-10/h2-7,18H,8H2,1H3. The van der Waals surface area contributed by atoms with Gasteiger partial charge < -0.3 is 5.32 Å². The minimum Gasteiger partial charge on any atom is -0.381 e. The van der Waals surface area contributed by atoms with E-state index in [4.69, 9.17) is 11.6 Å². The minimum atomic E-state index is -0.307. The van der Waals surface area contributed by atoms with E-state index in [1.54, 1.807) is 6.07 Å². The van der Waals surface area contributed by atoms with Gasteiger partial charge in [0.25, 0.3) is 0 Å². The van der Waals surface area contributed by atoms with Crippen molar-refractivity contribution in [3.63, 3.8) is 0 Å². The molecule has 2 aromatic carbocycles. The fourth-order valence-corrected chi connectivity index (χ4v) is 2.63. The molecule has 0 aliphatic heterocycles. The molecule has 1 N–H and O–H groups in total. The van der Waals surface area contributed by atoms with Gasteiger partial charge in [0.15, 0.2) is 0 Å². The number of hydrogen-bond acceptors (Lipinski definition) is 1. The Hall–Kier alpha value is -0.810. The topological polar surface area (TPSA) is 12.0 Å². The molecule has 0 heterocycles. The van der Waals surface area contributed by atoms with Gasteiger partial charge in [-0.2, -0.15) is 0 Å². The van der Waals surface area contributed by atoms with Crippen LogP contribution in [0.5, 0.6) is 0 Å². The van der Waals surface area contributed by atoms with Crippen LogP contribution in [0.25, 0.3) is 0 Å². The van der Waals surface area contributed by atoms with Gasteiger partial charge in [0, 0.05) is 20.8 Å². The van der Waals surface area contributed by atoms with Crippen molar-refractivity contribution >= 4 is 39.9 Å². The molecule has 0 radical (unpaired) electrons. The second kappa shape index (κ2) is 5.89. The maximum Gasteiger partial charge on any atom is 0.125 e. The number of rotatable bonds is 3. The van der Waals surface area contributed by atoms with Crippen molar-refractivity contribution in [1.29, 1.82) is 0 Å². The fourth-order valence-electron chi connectivity index (χ4n) is 1.74. The largest absolute Gasteiger partial charge is 0.381 e. The molecule has 0 aromatic heterocycles. The van der Waals surface area contributed by atoms with Gasteiger partial charge in [0.1, 0.15) is 5.82 Å². The van der Waals surface area contributed by atoms with Crippen molar-refractivity contribution in [3.05, 3.63) is 61.9 Å². The highest BCUT2D eigenvalue weighted by Crippen LogP contribution is 2.20. The number of halogens is 3. The summed E-state index contributed by atoms with van der Waals surface area (Å²) >= 11 is 8.09. The summed E-state index contributed by atoms with van der Waals surface area (Å²) < 4.78 is 14.4. The predicted octanol–water partition coefficient (Wildman–Crippen LogP) is 5.00. The van der Waals surface area contributed by atoms with Crippen LogP contribution in [0.3, 0.4) is 0 Å². The number of aryl methyl sites for hydroxylation is 1. The first-order valence-electron chi connectivity index (χ1n) is 5.49. The number of nitrogens with one attached hydrogen (secondary N) is 1. The highest BCUT2D eigenvalue weighted by molar-refractivity contribution is 14.1. The Kier molecular flexibility index (Phi) is 4.45. The summed E-state index contributed by atoms with van der Waals surface area (Å²) in [5.74, 6) is -0.307. The zero-order valence-electron chi connectivity index (χ0n) is 9.81. The molecular weight excluding hydrogens is 364 g/mol. The number of hydrogen-bond donors (Lipinski definition) is 1. The number of benzene rings is 2. The van der Waals surface area contributed by atoms with Crippen LogP contribution in [0.4, 0.5) is 10.1 Å².